The number of amides is 2. The van der Waals surface area contributed by atoms with Crippen LogP contribution in [0.2, 0.25) is 0 Å². The zero-order valence-corrected chi connectivity index (χ0v) is 7.13. The number of rotatable bonds is 0. The number of hydrogen-bond acceptors (Lipinski definition) is 2. The summed E-state index contributed by atoms with van der Waals surface area (Å²) in [6.07, 6.45) is 0. The van der Waals surface area contributed by atoms with Gasteiger partial charge in [-0.2, -0.15) is 0 Å². The van der Waals surface area contributed by atoms with Crippen LogP contribution in [-0.4, -0.2) is 6.03 Å². The number of urea groups is 1. The van der Waals surface area contributed by atoms with Crippen molar-refractivity contribution in [2.24, 2.45) is 0 Å². The zero-order chi connectivity index (χ0) is 9.26. The Labute approximate surface area is 76.1 Å². The largest absolute Gasteiger partial charge is 0.399 e. The van der Waals surface area contributed by atoms with Crippen molar-refractivity contribution < 1.29 is 4.79 Å². The first-order valence-electron chi connectivity index (χ1n) is 4.15. The van der Waals surface area contributed by atoms with Crippen LogP contribution < -0.4 is 16.4 Å². The SMILES string of the molecule is Nc1ccc2c(c1)CNC(=O)NC2. The summed E-state index contributed by atoms with van der Waals surface area (Å²) >= 11 is 0. The van der Waals surface area contributed by atoms with Crippen molar-refractivity contribution in [1.82, 2.24) is 10.6 Å². The summed E-state index contributed by atoms with van der Waals surface area (Å²) in [5.41, 5.74) is 8.57. The van der Waals surface area contributed by atoms with Crippen LogP contribution in [0.1, 0.15) is 11.1 Å². The average molecular weight is 177 g/mol. The minimum Gasteiger partial charge on any atom is -0.399 e. The monoisotopic (exact) mass is 177 g/mol. The van der Waals surface area contributed by atoms with Crippen LogP contribution in [-0.2, 0) is 13.1 Å². The van der Waals surface area contributed by atoms with E-state index in [4.69, 9.17) is 5.73 Å². The maximum atomic E-state index is 11.0. The molecule has 4 heteroatoms. The highest BCUT2D eigenvalue weighted by molar-refractivity contribution is 5.74. The maximum absolute atomic E-state index is 11.0. The summed E-state index contributed by atoms with van der Waals surface area (Å²) in [5, 5.41) is 5.45. The summed E-state index contributed by atoms with van der Waals surface area (Å²) < 4.78 is 0. The molecule has 0 fully saturated rings. The van der Waals surface area contributed by atoms with Gasteiger partial charge in [0.2, 0.25) is 0 Å². The van der Waals surface area contributed by atoms with Gasteiger partial charge in [-0.3, -0.25) is 0 Å². The van der Waals surface area contributed by atoms with Gasteiger partial charge in [0.05, 0.1) is 0 Å². The molecule has 0 radical (unpaired) electrons. The number of fused-ring (bicyclic) bond motifs is 1. The lowest BCUT2D eigenvalue weighted by Crippen LogP contribution is -2.31. The summed E-state index contributed by atoms with van der Waals surface area (Å²) in [6, 6.07) is 5.55. The molecule has 0 aliphatic carbocycles. The summed E-state index contributed by atoms with van der Waals surface area (Å²) in [4.78, 5) is 11.0. The van der Waals surface area contributed by atoms with Crippen LogP contribution in [0.25, 0.3) is 0 Å². The Kier molecular flexibility index (Phi) is 1.81. The minimum absolute atomic E-state index is 0.130. The molecule has 1 aliphatic heterocycles. The third kappa shape index (κ3) is 1.56. The van der Waals surface area contributed by atoms with E-state index >= 15 is 0 Å². The van der Waals surface area contributed by atoms with Gasteiger partial charge in [0.1, 0.15) is 0 Å². The van der Waals surface area contributed by atoms with Crippen molar-refractivity contribution in [3.05, 3.63) is 29.3 Å². The molecular formula is C9H11N3O. The summed E-state index contributed by atoms with van der Waals surface area (Å²) in [7, 11) is 0. The Bertz CT molecular complexity index is 349. The zero-order valence-electron chi connectivity index (χ0n) is 7.13. The maximum Gasteiger partial charge on any atom is 0.315 e. The molecule has 0 saturated heterocycles. The molecule has 1 aromatic carbocycles. The van der Waals surface area contributed by atoms with Crippen LogP contribution in [0, 0.1) is 0 Å². The number of anilines is 1. The molecular weight excluding hydrogens is 166 g/mol. The van der Waals surface area contributed by atoms with E-state index in [9.17, 15) is 4.79 Å². The average Bonchev–Trinajstić information content (AvgIpc) is 2.29. The Morgan fingerprint density at radius 1 is 1.15 bits per heavy atom. The van der Waals surface area contributed by atoms with E-state index < -0.39 is 0 Å². The molecule has 4 N–H and O–H groups in total. The van der Waals surface area contributed by atoms with Gasteiger partial charge >= 0.3 is 6.03 Å². The predicted molar refractivity (Wildman–Crippen MR) is 49.9 cm³/mol. The van der Waals surface area contributed by atoms with Gasteiger partial charge in [-0.05, 0) is 23.3 Å². The van der Waals surface area contributed by atoms with E-state index in [2.05, 4.69) is 10.6 Å². The van der Waals surface area contributed by atoms with Crippen molar-refractivity contribution in [3.8, 4) is 0 Å². The van der Waals surface area contributed by atoms with Crippen LogP contribution in [0.3, 0.4) is 0 Å². The van der Waals surface area contributed by atoms with Crippen molar-refractivity contribution in [1.29, 1.82) is 0 Å². The van der Waals surface area contributed by atoms with Crippen molar-refractivity contribution >= 4 is 11.7 Å². The quantitative estimate of drug-likeness (QED) is 0.507. The number of carbonyl (C=O) groups is 1. The number of nitrogens with one attached hydrogen (secondary N) is 2. The van der Waals surface area contributed by atoms with Gasteiger partial charge in [-0.1, -0.05) is 6.07 Å². The molecule has 2 rings (SSSR count). The Balaban J connectivity index is 2.35. The van der Waals surface area contributed by atoms with Crippen LogP contribution in [0.4, 0.5) is 10.5 Å². The Morgan fingerprint density at radius 2 is 1.85 bits per heavy atom. The first kappa shape index (κ1) is 7.91. The summed E-state index contributed by atoms with van der Waals surface area (Å²) in [6.45, 7) is 1.12. The number of benzene rings is 1. The second-order valence-electron chi connectivity index (χ2n) is 3.06. The molecule has 13 heavy (non-hydrogen) atoms. The van der Waals surface area contributed by atoms with E-state index in [0.29, 0.717) is 13.1 Å². The topological polar surface area (TPSA) is 67.1 Å². The normalized spacial score (nSPS) is 15.2. The van der Waals surface area contributed by atoms with Crippen molar-refractivity contribution in [2.45, 2.75) is 13.1 Å². The first-order valence-corrected chi connectivity index (χ1v) is 4.15. The van der Waals surface area contributed by atoms with E-state index in [-0.39, 0.29) is 6.03 Å². The van der Waals surface area contributed by atoms with Crippen LogP contribution in [0.15, 0.2) is 18.2 Å². The molecule has 1 aliphatic rings. The third-order valence-electron chi connectivity index (χ3n) is 2.11. The van der Waals surface area contributed by atoms with Crippen LogP contribution in [0.5, 0.6) is 0 Å². The lowest BCUT2D eigenvalue weighted by Gasteiger charge is -2.04. The van der Waals surface area contributed by atoms with E-state index in [1.807, 2.05) is 18.2 Å². The highest BCUT2D eigenvalue weighted by Gasteiger charge is 2.10. The molecule has 0 spiro atoms. The van der Waals surface area contributed by atoms with Gasteiger partial charge in [0.15, 0.2) is 0 Å². The molecule has 68 valence electrons. The van der Waals surface area contributed by atoms with Gasteiger partial charge < -0.3 is 16.4 Å². The molecule has 0 unspecified atom stereocenters. The van der Waals surface area contributed by atoms with E-state index in [1.54, 1.807) is 0 Å². The van der Waals surface area contributed by atoms with E-state index in [0.717, 1.165) is 16.8 Å². The molecule has 0 bridgehead atoms. The lowest BCUT2D eigenvalue weighted by molar-refractivity contribution is 0.241. The fourth-order valence-corrected chi connectivity index (χ4v) is 1.40. The second kappa shape index (κ2) is 2.97. The number of carbonyl (C=O) groups excluding carboxylic acids is 1. The molecule has 0 saturated carbocycles. The molecule has 4 nitrogen and oxygen atoms in total. The number of nitrogens with two attached hydrogens (primary N) is 1. The fraction of sp³-hybridized carbons (Fsp3) is 0.222. The number of nitrogen functional groups attached to an aromatic ring is 1. The highest BCUT2D eigenvalue weighted by atomic mass is 16.2. The Morgan fingerprint density at radius 3 is 2.62 bits per heavy atom. The van der Waals surface area contributed by atoms with Crippen molar-refractivity contribution in [2.75, 3.05) is 5.73 Å². The highest BCUT2D eigenvalue weighted by Crippen LogP contribution is 2.14. The third-order valence-corrected chi connectivity index (χ3v) is 2.11. The molecule has 0 aromatic heterocycles. The van der Waals surface area contributed by atoms with Gasteiger partial charge in [0.25, 0.3) is 0 Å². The molecule has 0 atom stereocenters. The Hall–Kier alpha value is -1.71. The molecule has 1 aromatic rings. The first-order chi connectivity index (χ1) is 6.25. The second-order valence-corrected chi connectivity index (χ2v) is 3.06. The van der Waals surface area contributed by atoms with Crippen LogP contribution >= 0.6 is 0 Å². The minimum atomic E-state index is -0.130. The summed E-state index contributed by atoms with van der Waals surface area (Å²) in [5.74, 6) is 0. The molecule has 2 amide bonds. The smallest absolute Gasteiger partial charge is 0.315 e. The fourth-order valence-electron chi connectivity index (χ4n) is 1.40. The van der Waals surface area contributed by atoms with E-state index in [1.165, 1.54) is 0 Å². The van der Waals surface area contributed by atoms with Crippen molar-refractivity contribution in [3.63, 3.8) is 0 Å². The lowest BCUT2D eigenvalue weighted by atomic mass is 10.1. The van der Waals surface area contributed by atoms with Gasteiger partial charge in [-0.15, -0.1) is 0 Å². The molecule has 1 heterocycles. The predicted octanol–water partition coefficient (Wildman–Crippen LogP) is 0.582. The standard InChI is InChI=1S/C9H11N3O/c10-8-2-1-6-4-11-9(13)12-5-7(6)3-8/h1-3H,4-5,10H2,(H2,11,12,13). The van der Waals surface area contributed by atoms with Gasteiger partial charge in [-0.25, -0.2) is 4.79 Å². The van der Waals surface area contributed by atoms with Gasteiger partial charge in [0, 0.05) is 18.8 Å². The number of hydrogen-bond donors (Lipinski definition) is 3.